The van der Waals surface area contributed by atoms with Crippen molar-refractivity contribution in [2.45, 2.75) is 78.4 Å². The first kappa shape index (κ1) is 42.6. The van der Waals surface area contributed by atoms with Crippen LogP contribution in [0.15, 0.2) is 72.8 Å². The summed E-state index contributed by atoms with van der Waals surface area (Å²) in [6, 6.07) is 22.8. The number of rotatable bonds is 13. The van der Waals surface area contributed by atoms with Crippen LogP contribution in [0.3, 0.4) is 0 Å². The number of hydrogen-bond acceptors (Lipinski definition) is 11. The van der Waals surface area contributed by atoms with Crippen molar-refractivity contribution in [2.24, 2.45) is 5.92 Å². The van der Waals surface area contributed by atoms with E-state index >= 15 is 8.78 Å². The van der Waals surface area contributed by atoms with Gasteiger partial charge in [-0.05, 0) is 125 Å². The molecule has 7 rings (SSSR count). The molecule has 14 heteroatoms. The molecule has 0 bridgehead atoms. The van der Waals surface area contributed by atoms with Crippen LogP contribution in [-0.4, -0.2) is 83.6 Å². The summed E-state index contributed by atoms with van der Waals surface area (Å²) >= 11 is 1.42. The molecule has 1 N–H and O–H groups in total. The smallest absolute Gasteiger partial charge is 0.358 e. The van der Waals surface area contributed by atoms with E-state index in [9.17, 15) is 14.4 Å². The molecule has 2 aliphatic heterocycles. The quantitative estimate of drug-likeness (QED) is 0.0908. The maximum atomic E-state index is 15.1. The van der Waals surface area contributed by atoms with Crippen molar-refractivity contribution in [3.63, 3.8) is 0 Å². The number of pyridine rings is 1. The number of nitrogens with one attached hydrogen (secondary N) is 1. The lowest BCUT2D eigenvalue weighted by molar-refractivity contribution is -0.150. The highest BCUT2D eigenvalue weighted by molar-refractivity contribution is 7.22. The van der Waals surface area contributed by atoms with Crippen LogP contribution in [0.25, 0.3) is 21.3 Å². The highest BCUT2D eigenvalue weighted by Gasteiger charge is 2.44. The number of alkyl halides is 2. The fraction of sp³-hybridized carbons (Fsp3) is 0.413. The number of piperidine rings is 1. The number of aromatic nitrogens is 2. The van der Waals surface area contributed by atoms with E-state index in [0.29, 0.717) is 60.3 Å². The number of anilines is 2. The first-order chi connectivity index (χ1) is 28.7. The van der Waals surface area contributed by atoms with Gasteiger partial charge in [0.1, 0.15) is 17.2 Å². The highest BCUT2D eigenvalue weighted by Crippen LogP contribution is 2.38. The van der Waals surface area contributed by atoms with Crippen LogP contribution in [-0.2, 0) is 27.2 Å². The van der Waals surface area contributed by atoms with Gasteiger partial charge in [-0.25, -0.2) is 23.5 Å². The summed E-state index contributed by atoms with van der Waals surface area (Å²) in [4.78, 5) is 52.5. The van der Waals surface area contributed by atoms with Gasteiger partial charge in [0, 0.05) is 30.1 Å². The molecule has 60 heavy (non-hydrogen) atoms. The maximum absolute atomic E-state index is 15.1. The Balaban J connectivity index is 1.07. The Morgan fingerprint density at radius 1 is 0.967 bits per heavy atom. The average molecular weight is 840 g/mol. The fourth-order valence-electron chi connectivity index (χ4n) is 7.91. The monoisotopic (exact) mass is 839 g/mol. The molecular formula is C46H51F2N5O6S. The van der Waals surface area contributed by atoms with Crippen LogP contribution in [0.5, 0.6) is 5.75 Å². The molecular weight excluding hydrogens is 789 g/mol. The van der Waals surface area contributed by atoms with Crippen molar-refractivity contribution in [3.05, 3.63) is 101 Å². The van der Waals surface area contributed by atoms with E-state index in [1.54, 1.807) is 27.7 Å². The minimum atomic E-state index is -2.93. The Kier molecular flexibility index (Phi) is 12.8. The predicted molar refractivity (Wildman–Crippen MR) is 229 cm³/mol. The summed E-state index contributed by atoms with van der Waals surface area (Å²) in [5.74, 6) is -3.90. The topological polar surface area (TPSA) is 123 Å². The molecule has 3 aromatic carbocycles. The Morgan fingerprint density at radius 2 is 1.77 bits per heavy atom. The number of carbonyl (C=O) groups excluding carboxylic acids is 3. The van der Waals surface area contributed by atoms with E-state index in [1.165, 1.54) is 16.2 Å². The van der Waals surface area contributed by atoms with E-state index in [1.807, 2.05) is 79.7 Å². The molecule has 1 saturated heterocycles. The molecule has 11 nitrogen and oxygen atoms in total. The SMILES string of the molecule is CCOC(=O)CN1CCC(CCCOc2cccc(-c3ccc(N4CCc5cccc(C(=O)Nc6nc7ccccc7s6)c5C4)nc3C(=O)OC(C)(C)C)c2C)C(F)(F)C1. The number of fused-ring (bicyclic) bond motifs is 2. The van der Waals surface area contributed by atoms with Crippen molar-refractivity contribution < 1.29 is 37.4 Å². The zero-order chi connectivity index (χ0) is 42.6. The number of benzene rings is 3. The fourth-order valence-corrected chi connectivity index (χ4v) is 8.77. The normalized spacial score (nSPS) is 16.6. The van der Waals surface area contributed by atoms with E-state index in [4.69, 9.17) is 19.2 Å². The van der Waals surface area contributed by atoms with Gasteiger partial charge in [-0.1, -0.05) is 47.7 Å². The number of halogens is 2. The van der Waals surface area contributed by atoms with Gasteiger partial charge in [0.15, 0.2) is 10.8 Å². The third kappa shape index (κ3) is 9.93. The van der Waals surface area contributed by atoms with Crippen LogP contribution in [0.1, 0.15) is 84.5 Å². The first-order valence-electron chi connectivity index (χ1n) is 20.4. The number of thiazole rings is 1. The number of carbonyl (C=O) groups is 3. The average Bonchev–Trinajstić information content (AvgIpc) is 3.61. The van der Waals surface area contributed by atoms with Crippen LogP contribution in [0.4, 0.5) is 19.7 Å². The summed E-state index contributed by atoms with van der Waals surface area (Å²) in [6.07, 6.45) is 1.66. The number of amides is 1. The molecule has 2 aliphatic rings. The highest BCUT2D eigenvalue weighted by atomic mass is 32.1. The van der Waals surface area contributed by atoms with Gasteiger partial charge >= 0.3 is 11.9 Å². The zero-order valence-corrected chi connectivity index (χ0v) is 35.5. The molecule has 316 valence electrons. The number of para-hydroxylation sites is 1. The molecule has 0 saturated carbocycles. The van der Waals surface area contributed by atoms with Gasteiger partial charge in [0.05, 0.1) is 36.5 Å². The molecule has 1 unspecified atom stereocenters. The van der Waals surface area contributed by atoms with E-state index in [0.717, 1.165) is 32.5 Å². The molecule has 0 radical (unpaired) electrons. The lowest BCUT2D eigenvalue weighted by Crippen LogP contribution is -2.50. The van der Waals surface area contributed by atoms with Crippen LogP contribution in [0.2, 0.25) is 0 Å². The molecule has 5 aromatic rings. The van der Waals surface area contributed by atoms with E-state index < -0.39 is 35.9 Å². The molecule has 0 aliphatic carbocycles. The molecule has 2 aromatic heterocycles. The minimum absolute atomic E-state index is 0.135. The summed E-state index contributed by atoms with van der Waals surface area (Å²) in [5, 5.41) is 3.52. The zero-order valence-electron chi connectivity index (χ0n) is 34.7. The number of nitrogens with zero attached hydrogens (tertiary/aromatic N) is 4. The van der Waals surface area contributed by atoms with E-state index in [-0.39, 0.29) is 44.2 Å². The Hall–Kier alpha value is -5.47. The van der Waals surface area contributed by atoms with Crippen LogP contribution < -0.4 is 15.0 Å². The lowest BCUT2D eigenvalue weighted by Gasteiger charge is -2.37. The first-order valence-corrected chi connectivity index (χ1v) is 21.3. The predicted octanol–water partition coefficient (Wildman–Crippen LogP) is 9.12. The van der Waals surface area contributed by atoms with Crippen LogP contribution >= 0.6 is 11.3 Å². The van der Waals surface area contributed by atoms with Crippen LogP contribution in [0, 0.1) is 12.8 Å². The van der Waals surface area contributed by atoms with Gasteiger partial charge in [0.25, 0.3) is 11.8 Å². The summed E-state index contributed by atoms with van der Waals surface area (Å²) in [7, 11) is 0. The van der Waals surface area contributed by atoms with Crippen molar-refractivity contribution in [1.82, 2.24) is 14.9 Å². The second-order valence-corrected chi connectivity index (χ2v) is 17.3. The van der Waals surface area contributed by atoms with Crippen molar-refractivity contribution in [2.75, 3.05) is 49.6 Å². The van der Waals surface area contributed by atoms with Gasteiger partial charge in [-0.3, -0.25) is 19.8 Å². The molecule has 0 spiro atoms. The summed E-state index contributed by atoms with van der Waals surface area (Å²) < 4.78 is 48.1. The third-order valence-electron chi connectivity index (χ3n) is 10.8. The minimum Gasteiger partial charge on any atom is -0.493 e. The number of likely N-dealkylation sites (tertiary alicyclic amines) is 1. The Labute approximate surface area is 353 Å². The molecule has 1 amide bonds. The standard InChI is InChI=1S/C46H51F2N5O6S/c1-6-57-40(54)27-52-23-22-31(46(47,48)28-52)13-11-25-58-37-17-10-14-32(29(37)2)33-19-20-39(50-41(33)43(56)59-45(3,4)5)53-24-21-30-12-9-15-34(35(30)26-53)42(55)51-44-49-36-16-7-8-18-38(36)60-44/h7-10,12,14-20,31H,6,11,13,21-28H2,1-5H3,(H,49,51,55). The third-order valence-corrected chi connectivity index (χ3v) is 11.8. The summed E-state index contributed by atoms with van der Waals surface area (Å²) in [6.45, 7) is 10.3. The van der Waals surface area contributed by atoms with E-state index in [2.05, 4.69) is 15.2 Å². The molecule has 1 fully saturated rings. The van der Waals surface area contributed by atoms with Gasteiger partial charge < -0.3 is 19.1 Å². The van der Waals surface area contributed by atoms with Gasteiger partial charge in [0.2, 0.25) is 0 Å². The lowest BCUT2D eigenvalue weighted by atomic mass is 9.88. The maximum Gasteiger partial charge on any atom is 0.358 e. The number of ether oxygens (including phenoxy) is 3. The summed E-state index contributed by atoms with van der Waals surface area (Å²) in [5.41, 5.74) is 4.77. The Morgan fingerprint density at radius 3 is 2.53 bits per heavy atom. The van der Waals surface area contributed by atoms with Crippen molar-refractivity contribution >= 4 is 50.3 Å². The number of hydrogen-bond donors (Lipinski definition) is 1. The van der Waals surface area contributed by atoms with Crippen molar-refractivity contribution in [3.8, 4) is 16.9 Å². The Bertz CT molecular complexity index is 2350. The largest absolute Gasteiger partial charge is 0.493 e. The number of esters is 2. The van der Waals surface area contributed by atoms with Crippen molar-refractivity contribution in [1.29, 1.82) is 0 Å². The molecule has 4 heterocycles. The van der Waals surface area contributed by atoms with Gasteiger partial charge in [-0.2, -0.15) is 0 Å². The van der Waals surface area contributed by atoms with Gasteiger partial charge in [-0.15, -0.1) is 0 Å². The second kappa shape index (κ2) is 18.0. The second-order valence-electron chi connectivity index (χ2n) is 16.3. The molecule has 1 atom stereocenters.